The van der Waals surface area contributed by atoms with Crippen LogP contribution >= 0.6 is 20.1 Å². The van der Waals surface area contributed by atoms with E-state index in [2.05, 4.69) is 4.98 Å². The third-order valence-corrected chi connectivity index (χ3v) is 6.09. The molecular weight excluding hydrogens is 693 g/mol. The second-order valence-corrected chi connectivity index (χ2v) is 10.9. The summed E-state index contributed by atoms with van der Waals surface area (Å²) in [6.45, 7) is 0. The number of halogens is 3. The molecule has 6 N–H and O–H groups in total. The number of aliphatic imine (C=N–C) groups is 2. The predicted molar refractivity (Wildman–Crippen MR) is 173 cm³/mol. The van der Waals surface area contributed by atoms with E-state index in [1.165, 1.54) is 12.1 Å². The van der Waals surface area contributed by atoms with Crippen molar-refractivity contribution >= 4 is 55.1 Å². The molecule has 0 aliphatic heterocycles. The van der Waals surface area contributed by atoms with E-state index < -0.39 is 11.9 Å². The molecule has 5 aromatic rings. The Kier molecular flexibility index (Phi) is 17.2. The fourth-order valence-corrected chi connectivity index (χ4v) is 4.27. The van der Waals surface area contributed by atoms with Gasteiger partial charge in [0.2, 0.25) is 0 Å². The third-order valence-electron chi connectivity index (χ3n) is 6.09. The van der Waals surface area contributed by atoms with Crippen molar-refractivity contribution in [3.8, 4) is 0 Å². The molecule has 13 heteroatoms. The van der Waals surface area contributed by atoms with Crippen LogP contribution in [-0.2, 0) is 13.4 Å². The number of pyridine rings is 1. The molecule has 0 aliphatic rings. The van der Waals surface area contributed by atoms with Crippen LogP contribution in [0.25, 0.3) is 0 Å². The average Bonchev–Trinajstić information content (AvgIpc) is 3.04. The van der Waals surface area contributed by atoms with Gasteiger partial charge in [-0.25, -0.2) is 24.6 Å². The molecule has 0 atom stereocenters. The number of rotatable bonds is 8. The average molecular weight is 720 g/mol. The standard InChI is InChI=1S/C33H23N3O4.3ClH.Cr.2H2O/c37-32(38)26-18-9-7-16-24(26)30(22-12-3-1-4-13-22)35-28-20-11-21-29(34-28)36-31(23-14-5-2-6-15-23)25-17-8-10-19-27(25)33(39)40;;;;;;/h1-21H,(H,37,38)(H,39,40);3*1H;;2*1H2/q;;;;+3;;/p-3/b35-30+,36-31?;;;;;;. The van der Waals surface area contributed by atoms with Crippen molar-refractivity contribution in [2.24, 2.45) is 9.98 Å². The topological polar surface area (TPSA) is 175 Å². The number of nitrogens with zero attached hydrogens (tertiary/aromatic N) is 3. The molecule has 0 radical (unpaired) electrons. The van der Waals surface area contributed by atoms with Crippen molar-refractivity contribution in [3.05, 3.63) is 161 Å². The van der Waals surface area contributed by atoms with Crippen LogP contribution in [-0.4, -0.2) is 49.5 Å². The molecule has 0 amide bonds. The zero-order valence-corrected chi connectivity index (χ0v) is 27.3. The summed E-state index contributed by atoms with van der Waals surface area (Å²) in [6, 6.07) is 37.1. The Hall–Kier alpha value is -4.37. The van der Waals surface area contributed by atoms with Crippen LogP contribution in [0.5, 0.6) is 0 Å². The van der Waals surface area contributed by atoms with Gasteiger partial charge in [-0.15, -0.1) is 0 Å². The second kappa shape index (κ2) is 19.9. The van der Waals surface area contributed by atoms with Crippen molar-refractivity contribution in [1.82, 2.24) is 4.98 Å². The van der Waals surface area contributed by atoms with Crippen molar-refractivity contribution in [2.75, 3.05) is 0 Å². The molecule has 237 valence electrons. The SMILES string of the molecule is O.O.O=C(O)c1ccccc1C(=Nc1cccc(/N=C(\c2ccccc2)c2ccccc2C(=O)O)n1)c1ccccc1.[Cl-].[Cl][Cr+][Cl]. The number of hydrogen-bond acceptors (Lipinski definition) is 5. The van der Waals surface area contributed by atoms with E-state index in [1.807, 2.05) is 60.7 Å². The Morgan fingerprint density at radius 3 is 1.15 bits per heavy atom. The van der Waals surface area contributed by atoms with E-state index in [1.54, 1.807) is 54.6 Å². The molecule has 0 unspecified atom stereocenters. The van der Waals surface area contributed by atoms with Crippen LogP contribution in [0.15, 0.2) is 137 Å². The van der Waals surface area contributed by atoms with Gasteiger partial charge < -0.3 is 33.6 Å². The number of benzene rings is 4. The number of hydrogen-bond donors (Lipinski definition) is 2. The molecular formula is C33H27Cl3CrN3O6. The number of carboxylic acids is 2. The Balaban J connectivity index is 0.00000170. The monoisotopic (exact) mass is 718 g/mol. The molecule has 0 bridgehead atoms. The Morgan fingerprint density at radius 1 is 0.522 bits per heavy atom. The first-order valence-corrected chi connectivity index (χ1v) is 16.2. The fraction of sp³-hybridized carbons (Fsp3) is 0. The zero-order valence-electron chi connectivity index (χ0n) is 23.7. The van der Waals surface area contributed by atoms with E-state index in [9.17, 15) is 19.8 Å². The first-order chi connectivity index (χ1) is 20.9. The number of aromatic nitrogens is 1. The van der Waals surface area contributed by atoms with Gasteiger partial charge in [0.05, 0.1) is 22.6 Å². The first kappa shape index (κ1) is 39.7. The van der Waals surface area contributed by atoms with Crippen LogP contribution in [0.3, 0.4) is 0 Å². The number of carboxylic acid groups (broad SMARTS) is 2. The van der Waals surface area contributed by atoms with E-state index in [0.29, 0.717) is 34.2 Å². The van der Waals surface area contributed by atoms with E-state index in [-0.39, 0.29) is 47.9 Å². The maximum atomic E-state index is 12.0. The summed E-state index contributed by atoms with van der Waals surface area (Å²) in [5.74, 6) is -1.48. The summed E-state index contributed by atoms with van der Waals surface area (Å²) < 4.78 is 0. The molecule has 9 nitrogen and oxygen atoms in total. The zero-order chi connectivity index (χ0) is 30.6. The summed E-state index contributed by atoms with van der Waals surface area (Å²) in [4.78, 5) is 38.2. The molecule has 0 fully saturated rings. The summed E-state index contributed by atoms with van der Waals surface area (Å²) in [5.41, 5.74) is 3.51. The van der Waals surface area contributed by atoms with Gasteiger partial charge in [-0.05, 0) is 24.3 Å². The van der Waals surface area contributed by atoms with Gasteiger partial charge >= 0.3 is 45.4 Å². The van der Waals surface area contributed by atoms with Gasteiger partial charge in [-0.1, -0.05) is 103 Å². The molecule has 46 heavy (non-hydrogen) atoms. The minimum atomic E-state index is -1.06. The van der Waals surface area contributed by atoms with Crippen molar-refractivity contribution < 1.29 is 56.5 Å². The van der Waals surface area contributed by atoms with Gasteiger partial charge in [0.25, 0.3) is 0 Å². The van der Waals surface area contributed by atoms with Crippen LogP contribution < -0.4 is 12.4 Å². The Bertz CT molecular complexity index is 1670. The first-order valence-electron chi connectivity index (χ1n) is 12.7. The molecule has 0 spiro atoms. The number of aromatic carboxylic acids is 2. The molecule has 5 rings (SSSR count). The van der Waals surface area contributed by atoms with E-state index in [4.69, 9.17) is 30.1 Å². The van der Waals surface area contributed by atoms with Gasteiger partial charge in [0.15, 0.2) is 11.6 Å². The summed E-state index contributed by atoms with van der Waals surface area (Å²) >= 11 is -0.181. The van der Waals surface area contributed by atoms with Crippen molar-refractivity contribution in [3.63, 3.8) is 0 Å². The summed E-state index contributed by atoms with van der Waals surface area (Å²) in [7, 11) is 9.65. The summed E-state index contributed by atoms with van der Waals surface area (Å²) in [5, 5.41) is 19.6. The minimum absolute atomic E-state index is 0. The van der Waals surface area contributed by atoms with Gasteiger partial charge in [0, 0.05) is 22.3 Å². The van der Waals surface area contributed by atoms with Crippen molar-refractivity contribution in [1.29, 1.82) is 0 Å². The molecule has 1 aromatic heterocycles. The quantitative estimate of drug-likeness (QED) is 0.233. The number of carbonyl (C=O) groups is 2. The maximum absolute atomic E-state index is 12.0. The molecule has 4 aromatic carbocycles. The van der Waals surface area contributed by atoms with Gasteiger partial charge in [-0.2, -0.15) is 0 Å². The van der Waals surface area contributed by atoms with Gasteiger partial charge in [0.1, 0.15) is 0 Å². The Labute approximate surface area is 286 Å². The van der Waals surface area contributed by atoms with Crippen molar-refractivity contribution in [2.45, 2.75) is 0 Å². The molecule has 0 aliphatic carbocycles. The van der Waals surface area contributed by atoms with Gasteiger partial charge in [-0.3, -0.25) is 0 Å². The van der Waals surface area contributed by atoms with Crippen LogP contribution in [0.4, 0.5) is 11.6 Å². The normalized spacial score (nSPS) is 10.5. The van der Waals surface area contributed by atoms with E-state index >= 15 is 0 Å². The predicted octanol–water partition coefficient (Wildman–Crippen LogP) is 3.55. The molecule has 1 heterocycles. The molecule has 0 saturated heterocycles. The van der Waals surface area contributed by atoms with Crippen LogP contribution in [0.2, 0.25) is 0 Å². The second-order valence-electron chi connectivity index (χ2n) is 8.77. The third kappa shape index (κ3) is 10.3. The van der Waals surface area contributed by atoms with Crippen LogP contribution in [0.1, 0.15) is 43.0 Å². The molecule has 0 saturated carbocycles. The summed E-state index contributed by atoms with van der Waals surface area (Å²) in [6.07, 6.45) is 0. The fourth-order valence-electron chi connectivity index (χ4n) is 4.27. The van der Waals surface area contributed by atoms with Crippen LogP contribution in [0, 0.1) is 0 Å². The van der Waals surface area contributed by atoms with E-state index in [0.717, 1.165) is 11.1 Å². The Morgan fingerprint density at radius 2 is 0.826 bits per heavy atom.